The average Bonchev–Trinajstić information content (AvgIpc) is 3.14. The molecule has 1 unspecified atom stereocenters. The summed E-state index contributed by atoms with van der Waals surface area (Å²) in [5.74, 6) is 0.849. The van der Waals surface area contributed by atoms with Gasteiger partial charge in [-0.3, -0.25) is 4.99 Å². The lowest BCUT2D eigenvalue weighted by molar-refractivity contribution is -0.0495. The molecule has 1 saturated heterocycles. The van der Waals surface area contributed by atoms with Crippen molar-refractivity contribution in [1.82, 2.24) is 10.6 Å². The number of nitrogens with one attached hydrogen (secondary N) is 2. The number of anilines is 1. The van der Waals surface area contributed by atoms with E-state index in [1.165, 1.54) is 0 Å². The lowest BCUT2D eigenvalue weighted by atomic mass is 9.98. The molecule has 2 rings (SSSR count). The Labute approximate surface area is 166 Å². The number of aliphatic imine (C=N–C) groups is 1. The molecule has 0 aromatic heterocycles. The zero-order valence-corrected chi connectivity index (χ0v) is 16.9. The molecule has 8 heteroatoms. The summed E-state index contributed by atoms with van der Waals surface area (Å²) in [6.45, 7) is 5.47. The van der Waals surface area contributed by atoms with Gasteiger partial charge in [-0.15, -0.1) is 0 Å². The van der Waals surface area contributed by atoms with Gasteiger partial charge in [0.15, 0.2) is 5.96 Å². The first-order chi connectivity index (χ1) is 13.4. The van der Waals surface area contributed by atoms with Crippen molar-refractivity contribution >= 4 is 11.6 Å². The molecule has 3 N–H and O–H groups in total. The van der Waals surface area contributed by atoms with E-state index in [4.69, 9.17) is 0 Å². The second-order valence-electron chi connectivity index (χ2n) is 7.05. The molecule has 0 spiro atoms. The minimum absolute atomic E-state index is 0.119. The summed E-state index contributed by atoms with van der Waals surface area (Å²) in [7, 11) is 0. The molecule has 1 aliphatic rings. The minimum Gasteiger partial charge on any atom is -0.433 e. The number of halogens is 2. The Morgan fingerprint density at radius 1 is 1.32 bits per heavy atom. The number of ether oxygens (including phenoxy) is 1. The van der Waals surface area contributed by atoms with Crippen LogP contribution in [0.5, 0.6) is 5.75 Å². The largest absolute Gasteiger partial charge is 0.433 e. The highest BCUT2D eigenvalue weighted by Gasteiger charge is 2.27. The van der Waals surface area contributed by atoms with Crippen LogP contribution in [-0.2, 0) is 0 Å². The monoisotopic (exact) mass is 398 g/mol. The van der Waals surface area contributed by atoms with Gasteiger partial charge in [-0.1, -0.05) is 26.0 Å². The van der Waals surface area contributed by atoms with Gasteiger partial charge in [-0.05, 0) is 38.3 Å². The van der Waals surface area contributed by atoms with E-state index < -0.39 is 12.2 Å². The molecule has 1 heterocycles. The van der Waals surface area contributed by atoms with Gasteiger partial charge in [-0.2, -0.15) is 8.78 Å². The van der Waals surface area contributed by atoms with Crippen molar-refractivity contribution < 1.29 is 18.6 Å². The Morgan fingerprint density at radius 3 is 2.68 bits per heavy atom. The zero-order valence-electron chi connectivity index (χ0n) is 16.9. The van der Waals surface area contributed by atoms with Gasteiger partial charge in [0.05, 0.1) is 17.8 Å². The average molecular weight is 398 g/mol. The maximum Gasteiger partial charge on any atom is 0.387 e. The number of alkyl halides is 2. The predicted molar refractivity (Wildman–Crippen MR) is 108 cm³/mol. The Balaban J connectivity index is 2.02. The van der Waals surface area contributed by atoms with Gasteiger partial charge < -0.3 is 25.4 Å². The van der Waals surface area contributed by atoms with Crippen LogP contribution in [0.4, 0.5) is 14.5 Å². The standard InChI is InChI=1S/C20H32F2N4O2/c1-4-20(27,5-2)14-24-19(23-6-3)25-15-11-12-26(13-15)16-9-7-8-10-17(16)28-18(21)22/h7-10,15,18,27H,4-6,11-14H2,1-3H3,(H2,23,24,25). The topological polar surface area (TPSA) is 69.1 Å². The van der Waals surface area contributed by atoms with Gasteiger partial charge in [0, 0.05) is 25.7 Å². The fourth-order valence-corrected chi connectivity index (χ4v) is 3.22. The molecule has 0 radical (unpaired) electrons. The summed E-state index contributed by atoms with van der Waals surface area (Å²) in [4.78, 5) is 6.58. The Hall–Kier alpha value is -2.09. The van der Waals surface area contributed by atoms with E-state index in [1.807, 2.05) is 31.7 Å². The number of hydrogen-bond donors (Lipinski definition) is 3. The highest BCUT2D eigenvalue weighted by molar-refractivity contribution is 5.80. The van der Waals surface area contributed by atoms with E-state index in [0.717, 1.165) is 13.0 Å². The van der Waals surface area contributed by atoms with Crippen LogP contribution in [0.2, 0.25) is 0 Å². The smallest absolute Gasteiger partial charge is 0.387 e. The van der Waals surface area contributed by atoms with E-state index in [-0.39, 0.29) is 11.8 Å². The van der Waals surface area contributed by atoms with Crippen molar-refractivity contribution in [2.75, 3.05) is 31.1 Å². The number of aliphatic hydroxyl groups is 1. The second-order valence-corrected chi connectivity index (χ2v) is 7.05. The molecule has 0 bridgehead atoms. The summed E-state index contributed by atoms with van der Waals surface area (Å²) < 4.78 is 30.0. The van der Waals surface area contributed by atoms with Crippen LogP contribution in [0.25, 0.3) is 0 Å². The van der Waals surface area contributed by atoms with Crippen molar-refractivity contribution in [2.45, 2.75) is 58.3 Å². The summed E-state index contributed by atoms with van der Waals surface area (Å²) in [5, 5.41) is 17.1. The third kappa shape index (κ3) is 6.22. The Kier molecular flexibility index (Phi) is 8.29. The van der Waals surface area contributed by atoms with Crippen molar-refractivity contribution in [2.24, 2.45) is 4.99 Å². The highest BCUT2D eigenvalue weighted by Crippen LogP contribution is 2.31. The number of para-hydroxylation sites is 2. The molecule has 1 atom stereocenters. The van der Waals surface area contributed by atoms with Crippen LogP contribution < -0.4 is 20.3 Å². The fraction of sp³-hybridized carbons (Fsp3) is 0.650. The Bertz CT molecular complexity index is 638. The normalized spacial score (nSPS) is 17.9. The van der Waals surface area contributed by atoms with Crippen LogP contribution >= 0.6 is 0 Å². The molecule has 1 fully saturated rings. The summed E-state index contributed by atoms with van der Waals surface area (Å²) in [5.41, 5.74) is -0.129. The lowest BCUT2D eigenvalue weighted by Gasteiger charge is -2.25. The van der Waals surface area contributed by atoms with Gasteiger partial charge in [0.1, 0.15) is 5.75 Å². The quantitative estimate of drug-likeness (QED) is 0.441. The number of benzene rings is 1. The summed E-state index contributed by atoms with van der Waals surface area (Å²) >= 11 is 0. The predicted octanol–water partition coefficient (Wildman–Crippen LogP) is 2.97. The minimum atomic E-state index is -2.85. The van der Waals surface area contributed by atoms with Crippen molar-refractivity contribution in [3.63, 3.8) is 0 Å². The first kappa shape index (κ1) is 22.2. The number of guanidine groups is 1. The lowest BCUT2D eigenvalue weighted by Crippen LogP contribution is -2.45. The van der Waals surface area contributed by atoms with Gasteiger partial charge >= 0.3 is 6.61 Å². The summed E-state index contributed by atoms with van der Waals surface area (Å²) in [6.07, 6.45) is 2.13. The van der Waals surface area contributed by atoms with Gasteiger partial charge in [0.25, 0.3) is 0 Å². The van der Waals surface area contributed by atoms with Crippen LogP contribution in [0.15, 0.2) is 29.3 Å². The Morgan fingerprint density at radius 2 is 2.04 bits per heavy atom. The van der Waals surface area contributed by atoms with Crippen LogP contribution in [0, 0.1) is 0 Å². The van der Waals surface area contributed by atoms with E-state index in [0.29, 0.717) is 44.1 Å². The molecular formula is C20H32F2N4O2. The third-order valence-corrected chi connectivity index (χ3v) is 5.14. The first-order valence-corrected chi connectivity index (χ1v) is 9.96. The maximum atomic E-state index is 12.7. The number of nitrogens with zero attached hydrogens (tertiary/aromatic N) is 2. The van der Waals surface area contributed by atoms with Gasteiger partial charge in [-0.25, -0.2) is 0 Å². The van der Waals surface area contributed by atoms with Crippen molar-refractivity contribution in [3.8, 4) is 5.75 Å². The molecule has 1 aliphatic heterocycles. The van der Waals surface area contributed by atoms with Crippen LogP contribution in [0.1, 0.15) is 40.0 Å². The summed E-state index contributed by atoms with van der Waals surface area (Å²) in [6, 6.07) is 6.97. The van der Waals surface area contributed by atoms with E-state index in [1.54, 1.807) is 18.2 Å². The highest BCUT2D eigenvalue weighted by atomic mass is 19.3. The van der Waals surface area contributed by atoms with Crippen LogP contribution in [-0.4, -0.2) is 55.5 Å². The molecular weight excluding hydrogens is 366 g/mol. The first-order valence-electron chi connectivity index (χ1n) is 9.96. The molecule has 1 aromatic carbocycles. The third-order valence-electron chi connectivity index (χ3n) is 5.14. The second kappa shape index (κ2) is 10.5. The molecule has 1 aromatic rings. The van der Waals surface area contributed by atoms with Crippen LogP contribution in [0.3, 0.4) is 0 Å². The molecule has 28 heavy (non-hydrogen) atoms. The molecule has 6 nitrogen and oxygen atoms in total. The van der Waals surface area contributed by atoms with Gasteiger partial charge in [0.2, 0.25) is 0 Å². The molecule has 0 amide bonds. The number of hydrogen-bond acceptors (Lipinski definition) is 4. The fourth-order valence-electron chi connectivity index (χ4n) is 3.22. The number of rotatable bonds is 9. The van der Waals surface area contributed by atoms with Crippen molar-refractivity contribution in [3.05, 3.63) is 24.3 Å². The van der Waals surface area contributed by atoms with E-state index in [9.17, 15) is 13.9 Å². The van der Waals surface area contributed by atoms with E-state index in [2.05, 4.69) is 20.4 Å². The maximum absolute atomic E-state index is 12.7. The molecule has 0 saturated carbocycles. The van der Waals surface area contributed by atoms with E-state index >= 15 is 0 Å². The van der Waals surface area contributed by atoms with Crippen molar-refractivity contribution in [1.29, 1.82) is 0 Å². The molecule has 0 aliphatic carbocycles. The molecule has 158 valence electrons. The zero-order chi connectivity index (χ0) is 20.6. The SMILES string of the molecule is CCNC(=NCC(O)(CC)CC)NC1CCN(c2ccccc2OC(F)F)C1.